The third-order valence-corrected chi connectivity index (χ3v) is 4.33. The van der Waals surface area contributed by atoms with Crippen LogP contribution < -0.4 is 5.73 Å². The molecule has 0 spiro atoms. The van der Waals surface area contributed by atoms with E-state index in [1.54, 1.807) is 0 Å². The molecule has 2 N–H and O–H groups in total. The molecular weight excluding hydrogens is 238 g/mol. The van der Waals surface area contributed by atoms with Gasteiger partial charge in [0.2, 0.25) is 0 Å². The molecule has 1 aliphatic rings. The molecule has 1 aliphatic heterocycles. The molecule has 2 rings (SSSR count). The van der Waals surface area contributed by atoms with E-state index < -0.39 is 5.41 Å². The highest BCUT2D eigenvalue weighted by Crippen LogP contribution is 2.30. The maximum atomic E-state index is 12.6. The van der Waals surface area contributed by atoms with Gasteiger partial charge in [-0.15, -0.1) is 0 Å². The van der Waals surface area contributed by atoms with E-state index in [0.717, 1.165) is 5.56 Å². The van der Waals surface area contributed by atoms with Gasteiger partial charge in [0.1, 0.15) is 5.78 Å². The van der Waals surface area contributed by atoms with Crippen molar-refractivity contribution in [1.29, 1.82) is 0 Å². The zero-order chi connectivity index (χ0) is 14.2. The van der Waals surface area contributed by atoms with Crippen LogP contribution in [0.2, 0.25) is 0 Å². The molecular formula is C16H23NO2. The minimum atomic E-state index is -0.538. The summed E-state index contributed by atoms with van der Waals surface area (Å²) in [6.45, 7) is 9.05. The van der Waals surface area contributed by atoms with E-state index in [4.69, 9.17) is 10.5 Å². The number of ether oxygens (including phenoxy) is 1. The molecule has 2 unspecified atom stereocenters. The zero-order valence-electron chi connectivity index (χ0n) is 12.2. The van der Waals surface area contributed by atoms with Gasteiger partial charge in [0.25, 0.3) is 0 Å². The van der Waals surface area contributed by atoms with Gasteiger partial charge >= 0.3 is 0 Å². The standard InChI is InChI=1S/C16H23NO2/c1-10-5-11(2)13(12(3)6-10)7-15(18)16(4)9-19-8-14(16)17/h5-6,14H,7-9,17H2,1-4H3. The Morgan fingerprint density at radius 2 is 1.95 bits per heavy atom. The monoisotopic (exact) mass is 261 g/mol. The van der Waals surface area contributed by atoms with Crippen molar-refractivity contribution in [3.8, 4) is 0 Å². The van der Waals surface area contributed by atoms with Crippen molar-refractivity contribution in [2.45, 2.75) is 40.2 Å². The van der Waals surface area contributed by atoms with Crippen LogP contribution in [0, 0.1) is 26.2 Å². The Balaban J connectivity index is 2.25. The molecule has 0 aromatic heterocycles. The van der Waals surface area contributed by atoms with E-state index in [9.17, 15) is 4.79 Å². The van der Waals surface area contributed by atoms with Gasteiger partial charge in [-0.2, -0.15) is 0 Å². The van der Waals surface area contributed by atoms with Gasteiger partial charge in [-0.3, -0.25) is 4.79 Å². The quantitative estimate of drug-likeness (QED) is 0.906. The Labute approximate surface area is 115 Å². The van der Waals surface area contributed by atoms with Gasteiger partial charge in [0, 0.05) is 12.5 Å². The van der Waals surface area contributed by atoms with Crippen molar-refractivity contribution >= 4 is 5.78 Å². The number of carbonyl (C=O) groups excluding carboxylic acids is 1. The molecule has 1 heterocycles. The van der Waals surface area contributed by atoms with Gasteiger partial charge in [-0.05, 0) is 44.4 Å². The normalized spacial score (nSPS) is 26.7. The Bertz CT molecular complexity index is 486. The summed E-state index contributed by atoms with van der Waals surface area (Å²) < 4.78 is 5.36. The fourth-order valence-corrected chi connectivity index (χ4v) is 2.83. The number of carbonyl (C=O) groups is 1. The van der Waals surface area contributed by atoms with Crippen molar-refractivity contribution in [2.75, 3.05) is 13.2 Å². The minimum absolute atomic E-state index is 0.188. The number of nitrogens with two attached hydrogens (primary N) is 1. The summed E-state index contributed by atoms with van der Waals surface area (Å²) in [5.41, 5.74) is 10.2. The Kier molecular flexibility index (Phi) is 3.79. The average molecular weight is 261 g/mol. The molecule has 1 fully saturated rings. The van der Waals surface area contributed by atoms with E-state index in [-0.39, 0.29) is 11.8 Å². The second-order valence-electron chi connectivity index (χ2n) is 6.02. The number of hydrogen-bond donors (Lipinski definition) is 1. The summed E-state index contributed by atoms with van der Waals surface area (Å²) in [6.07, 6.45) is 0.450. The molecule has 0 radical (unpaired) electrons. The fraction of sp³-hybridized carbons (Fsp3) is 0.562. The van der Waals surface area contributed by atoms with Crippen LogP contribution in [-0.2, 0) is 16.0 Å². The van der Waals surface area contributed by atoms with Crippen LogP contribution in [-0.4, -0.2) is 25.0 Å². The van der Waals surface area contributed by atoms with Crippen molar-refractivity contribution in [3.63, 3.8) is 0 Å². The number of ketones is 1. The van der Waals surface area contributed by atoms with E-state index in [0.29, 0.717) is 19.6 Å². The smallest absolute Gasteiger partial charge is 0.147 e. The Hall–Kier alpha value is -1.19. The van der Waals surface area contributed by atoms with Crippen LogP contribution >= 0.6 is 0 Å². The molecule has 0 amide bonds. The summed E-state index contributed by atoms with van der Waals surface area (Å²) in [7, 11) is 0. The third kappa shape index (κ3) is 2.58. The molecule has 1 saturated heterocycles. The minimum Gasteiger partial charge on any atom is -0.379 e. The van der Waals surface area contributed by atoms with E-state index in [2.05, 4.69) is 32.9 Å². The summed E-state index contributed by atoms with van der Waals surface area (Å²) in [5, 5.41) is 0. The van der Waals surface area contributed by atoms with Crippen molar-refractivity contribution in [1.82, 2.24) is 0 Å². The highest BCUT2D eigenvalue weighted by molar-refractivity contribution is 5.88. The van der Waals surface area contributed by atoms with Crippen LogP contribution in [0.4, 0.5) is 0 Å². The lowest BCUT2D eigenvalue weighted by atomic mass is 9.78. The van der Waals surface area contributed by atoms with Gasteiger partial charge in [-0.1, -0.05) is 17.7 Å². The van der Waals surface area contributed by atoms with Crippen molar-refractivity contribution in [2.24, 2.45) is 11.1 Å². The SMILES string of the molecule is Cc1cc(C)c(CC(=O)C2(C)COCC2N)c(C)c1. The lowest BCUT2D eigenvalue weighted by Gasteiger charge is -2.26. The van der Waals surface area contributed by atoms with Crippen LogP contribution in [0.3, 0.4) is 0 Å². The second kappa shape index (κ2) is 5.06. The maximum Gasteiger partial charge on any atom is 0.147 e. The molecule has 1 aromatic rings. The van der Waals surface area contributed by atoms with Crippen molar-refractivity contribution in [3.05, 3.63) is 34.4 Å². The Morgan fingerprint density at radius 3 is 2.42 bits per heavy atom. The maximum absolute atomic E-state index is 12.6. The molecule has 3 heteroatoms. The number of rotatable bonds is 3. The van der Waals surface area contributed by atoms with Crippen molar-refractivity contribution < 1.29 is 9.53 Å². The largest absolute Gasteiger partial charge is 0.379 e. The molecule has 0 aliphatic carbocycles. The topological polar surface area (TPSA) is 52.3 Å². The predicted molar refractivity (Wildman–Crippen MR) is 76.3 cm³/mol. The van der Waals surface area contributed by atoms with E-state index in [1.165, 1.54) is 16.7 Å². The zero-order valence-corrected chi connectivity index (χ0v) is 12.2. The summed E-state index contributed by atoms with van der Waals surface area (Å²) in [6, 6.07) is 4.07. The summed E-state index contributed by atoms with van der Waals surface area (Å²) in [5.74, 6) is 0.188. The van der Waals surface area contributed by atoms with Gasteiger partial charge < -0.3 is 10.5 Å². The lowest BCUT2D eigenvalue weighted by molar-refractivity contribution is -0.127. The first-order chi connectivity index (χ1) is 8.84. The predicted octanol–water partition coefficient (Wildman–Crippen LogP) is 2.09. The summed E-state index contributed by atoms with van der Waals surface area (Å²) in [4.78, 5) is 12.6. The average Bonchev–Trinajstić information content (AvgIpc) is 2.65. The second-order valence-corrected chi connectivity index (χ2v) is 6.02. The van der Waals surface area contributed by atoms with Crippen LogP contribution in [0.1, 0.15) is 29.2 Å². The number of hydrogen-bond acceptors (Lipinski definition) is 3. The molecule has 0 saturated carbocycles. The molecule has 3 nitrogen and oxygen atoms in total. The van der Waals surface area contributed by atoms with E-state index in [1.807, 2.05) is 6.92 Å². The Morgan fingerprint density at radius 1 is 1.37 bits per heavy atom. The first-order valence-corrected chi connectivity index (χ1v) is 6.78. The van der Waals surface area contributed by atoms with Crippen LogP contribution in [0.25, 0.3) is 0 Å². The summed E-state index contributed by atoms with van der Waals surface area (Å²) >= 11 is 0. The molecule has 2 atom stereocenters. The molecule has 104 valence electrons. The van der Waals surface area contributed by atoms with Gasteiger partial charge in [-0.25, -0.2) is 0 Å². The number of benzene rings is 1. The van der Waals surface area contributed by atoms with Crippen LogP contribution in [0.15, 0.2) is 12.1 Å². The first-order valence-electron chi connectivity index (χ1n) is 6.78. The van der Waals surface area contributed by atoms with Crippen LogP contribution in [0.5, 0.6) is 0 Å². The number of Topliss-reactive ketones (excluding diaryl/α,β-unsaturated/α-hetero) is 1. The van der Waals surface area contributed by atoms with Gasteiger partial charge in [0.05, 0.1) is 18.6 Å². The molecule has 0 bridgehead atoms. The fourth-order valence-electron chi connectivity index (χ4n) is 2.83. The highest BCUT2D eigenvalue weighted by atomic mass is 16.5. The third-order valence-electron chi connectivity index (χ3n) is 4.33. The highest BCUT2D eigenvalue weighted by Gasteiger charge is 2.43. The molecule has 19 heavy (non-hydrogen) atoms. The molecule has 1 aromatic carbocycles. The first kappa shape index (κ1) is 14.2. The van der Waals surface area contributed by atoms with E-state index >= 15 is 0 Å². The lowest BCUT2D eigenvalue weighted by Crippen LogP contribution is -2.45. The number of aryl methyl sites for hydroxylation is 3. The van der Waals surface area contributed by atoms with Gasteiger partial charge in [0.15, 0.2) is 0 Å².